The molecule has 5 nitrogen and oxygen atoms in total. The molecular formula is C10H13N3O2. The molecule has 0 radical (unpaired) electrons. The number of ether oxygens (including phenoxy) is 1. The highest BCUT2D eigenvalue weighted by Crippen LogP contribution is 2.37. The number of fused-ring (bicyclic) bond motifs is 1. The van der Waals surface area contributed by atoms with E-state index < -0.39 is 0 Å². The molecule has 3 heterocycles. The van der Waals surface area contributed by atoms with Crippen molar-refractivity contribution in [1.82, 2.24) is 15.3 Å². The molecule has 1 spiro atoms. The van der Waals surface area contributed by atoms with Gasteiger partial charge < -0.3 is 15.2 Å². The van der Waals surface area contributed by atoms with Crippen LogP contribution >= 0.6 is 0 Å². The van der Waals surface area contributed by atoms with Gasteiger partial charge in [0.2, 0.25) is 11.8 Å². The van der Waals surface area contributed by atoms with E-state index in [1.807, 2.05) is 0 Å². The smallest absolute Gasteiger partial charge is 0.236 e. The Morgan fingerprint density at radius 3 is 3.27 bits per heavy atom. The molecular weight excluding hydrogens is 194 g/mol. The fraction of sp³-hybridized carbons (Fsp3) is 0.600. The van der Waals surface area contributed by atoms with Crippen LogP contribution in [0.3, 0.4) is 0 Å². The van der Waals surface area contributed by atoms with Crippen LogP contribution in [0.2, 0.25) is 0 Å². The molecule has 5 heteroatoms. The standard InChI is InChI=1S/C10H13N3O2/c1-6-2-10(5-12-6)3-7-9(15-10)11-4-8(14)13-7/h4,6,12H,2-3,5H2,1H3,(H,13,14)/t6-,10?/m0/s1. The monoisotopic (exact) mass is 207 g/mol. The lowest BCUT2D eigenvalue weighted by Gasteiger charge is -2.20. The van der Waals surface area contributed by atoms with Gasteiger partial charge >= 0.3 is 0 Å². The van der Waals surface area contributed by atoms with E-state index in [0.717, 1.165) is 25.1 Å². The van der Waals surface area contributed by atoms with Crippen LogP contribution < -0.4 is 10.1 Å². The average Bonchev–Trinajstić information content (AvgIpc) is 2.69. The highest BCUT2D eigenvalue weighted by Gasteiger charge is 2.45. The fourth-order valence-electron chi connectivity index (χ4n) is 2.43. The molecule has 15 heavy (non-hydrogen) atoms. The molecule has 80 valence electrons. The predicted octanol–water partition coefficient (Wildman–Crippen LogP) is 0.238. The van der Waals surface area contributed by atoms with Crippen LogP contribution in [-0.4, -0.2) is 33.3 Å². The number of rotatable bonds is 0. The highest BCUT2D eigenvalue weighted by molar-refractivity contribution is 5.30. The molecule has 2 aliphatic rings. The van der Waals surface area contributed by atoms with Crippen LogP contribution in [0.4, 0.5) is 0 Å². The minimum Gasteiger partial charge on any atom is -0.492 e. The van der Waals surface area contributed by atoms with E-state index in [4.69, 9.17) is 4.74 Å². The van der Waals surface area contributed by atoms with Gasteiger partial charge in [-0.15, -0.1) is 0 Å². The van der Waals surface area contributed by atoms with Crippen molar-refractivity contribution in [2.24, 2.45) is 0 Å². The Bertz CT molecular complexity index is 410. The first-order chi connectivity index (χ1) is 7.17. The fourth-order valence-corrected chi connectivity index (χ4v) is 2.43. The summed E-state index contributed by atoms with van der Waals surface area (Å²) in [7, 11) is 0. The van der Waals surface area contributed by atoms with Gasteiger partial charge in [-0.1, -0.05) is 0 Å². The maximum atomic E-state index is 9.23. The van der Waals surface area contributed by atoms with Gasteiger partial charge in [-0.05, 0) is 6.92 Å². The Labute approximate surface area is 87.5 Å². The van der Waals surface area contributed by atoms with Crippen molar-refractivity contribution < 1.29 is 9.84 Å². The maximum Gasteiger partial charge on any atom is 0.236 e. The zero-order valence-corrected chi connectivity index (χ0v) is 8.53. The van der Waals surface area contributed by atoms with Gasteiger partial charge in [0.15, 0.2) is 0 Å². The summed E-state index contributed by atoms with van der Waals surface area (Å²) in [5, 5.41) is 12.6. The van der Waals surface area contributed by atoms with Crippen molar-refractivity contribution in [1.29, 1.82) is 0 Å². The molecule has 0 saturated carbocycles. The molecule has 3 rings (SSSR count). The third kappa shape index (κ3) is 1.34. The largest absolute Gasteiger partial charge is 0.492 e. The summed E-state index contributed by atoms with van der Waals surface area (Å²) < 4.78 is 5.83. The maximum absolute atomic E-state index is 9.23. The zero-order valence-electron chi connectivity index (χ0n) is 8.53. The first-order valence-corrected chi connectivity index (χ1v) is 5.14. The summed E-state index contributed by atoms with van der Waals surface area (Å²) in [5.41, 5.74) is 0.584. The summed E-state index contributed by atoms with van der Waals surface area (Å²) in [6.07, 6.45) is 3.02. The van der Waals surface area contributed by atoms with Crippen LogP contribution in [0.15, 0.2) is 6.20 Å². The molecule has 1 fully saturated rings. The van der Waals surface area contributed by atoms with Crippen LogP contribution in [0, 0.1) is 0 Å². The second kappa shape index (κ2) is 2.82. The van der Waals surface area contributed by atoms with Crippen LogP contribution in [0.25, 0.3) is 0 Å². The number of hydrogen-bond acceptors (Lipinski definition) is 5. The number of hydrogen-bond donors (Lipinski definition) is 2. The zero-order chi connectivity index (χ0) is 10.5. The lowest BCUT2D eigenvalue weighted by Crippen LogP contribution is -2.36. The van der Waals surface area contributed by atoms with Crippen LogP contribution in [0.1, 0.15) is 19.0 Å². The predicted molar refractivity (Wildman–Crippen MR) is 52.8 cm³/mol. The van der Waals surface area contributed by atoms with Crippen molar-refractivity contribution in [3.05, 3.63) is 11.9 Å². The van der Waals surface area contributed by atoms with Crippen LogP contribution in [-0.2, 0) is 6.42 Å². The first kappa shape index (κ1) is 8.91. The molecule has 1 aromatic rings. The van der Waals surface area contributed by atoms with Gasteiger partial charge in [0.05, 0.1) is 6.20 Å². The average molecular weight is 207 g/mol. The highest BCUT2D eigenvalue weighted by atomic mass is 16.5. The summed E-state index contributed by atoms with van der Waals surface area (Å²) in [4.78, 5) is 8.08. The number of aromatic nitrogens is 2. The molecule has 2 aliphatic heterocycles. The third-order valence-corrected chi connectivity index (χ3v) is 3.05. The molecule has 0 amide bonds. The molecule has 0 aliphatic carbocycles. The van der Waals surface area contributed by atoms with Gasteiger partial charge in [0.1, 0.15) is 11.3 Å². The molecule has 1 aromatic heterocycles. The van der Waals surface area contributed by atoms with Gasteiger partial charge in [-0.2, -0.15) is 0 Å². The molecule has 0 bridgehead atoms. The second-order valence-corrected chi connectivity index (χ2v) is 4.43. The number of aromatic hydroxyl groups is 1. The normalized spacial score (nSPS) is 33.0. The summed E-state index contributed by atoms with van der Waals surface area (Å²) >= 11 is 0. The van der Waals surface area contributed by atoms with Crippen molar-refractivity contribution in [3.8, 4) is 11.8 Å². The van der Waals surface area contributed by atoms with E-state index >= 15 is 0 Å². The molecule has 1 unspecified atom stereocenters. The number of nitrogens with zero attached hydrogens (tertiary/aromatic N) is 2. The lowest BCUT2D eigenvalue weighted by molar-refractivity contribution is 0.110. The Hall–Kier alpha value is -1.36. The van der Waals surface area contributed by atoms with E-state index in [2.05, 4.69) is 22.2 Å². The van der Waals surface area contributed by atoms with Gasteiger partial charge in [0, 0.05) is 25.4 Å². The van der Waals surface area contributed by atoms with E-state index in [0.29, 0.717) is 11.9 Å². The Kier molecular flexibility index (Phi) is 1.68. The molecule has 0 aromatic carbocycles. The minimum atomic E-state index is -0.185. The first-order valence-electron chi connectivity index (χ1n) is 5.14. The summed E-state index contributed by atoms with van der Waals surface area (Å²) in [5.74, 6) is 0.539. The van der Waals surface area contributed by atoms with Gasteiger partial charge in [0.25, 0.3) is 0 Å². The van der Waals surface area contributed by atoms with E-state index in [1.54, 1.807) is 0 Å². The lowest BCUT2D eigenvalue weighted by atomic mass is 9.97. The van der Waals surface area contributed by atoms with Gasteiger partial charge in [-0.3, -0.25) is 0 Å². The Morgan fingerprint density at radius 1 is 1.67 bits per heavy atom. The Morgan fingerprint density at radius 2 is 2.53 bits per heavy atom. The van der Waals surface area contributed by atoms with E-state index in [1.165, 1.54) is 6.20 Å². The summed E-state index contributed by atoms with van der Waals surface area (Å²) in [6, 6.07) is 0.466. The van der Waals surface area contributed by atoms with Gasteiger partial charge in [-0.25, -0.2) is 9.97 Å². The Balaban J connectivity index is 1.92. The number of nitrogens with one attached hydrogen (secondary N) is 1. The third-order valence-electron chi connectivity index (χ3n) is 3.05. The second-order valence-electron chi connectivity index (χ2n) is 4.43. The minimum absolute atomic E-state index is 0.0339. The van der Waals surface area contributed by atoms with Crippen molar-refractivity contribution >= 4 is 0 Å². The topological polar surface area (TPSA) is 67.3 Å². The van der Waals surface area contributed by atoms with Crippen LogP contribution in [0.5, 0.6) is 11.8 Å². The molecule has 1 saturated heterocycles. The quantitative estimate of drug-likeness (QED) is 0.637. The van der Waals surface area contributed by atoms with E-state index in [-0.39, 0.29) is 11.5 Å². The van der Waals surface area contributed by atoms with E-state index in [9.17, 15) is 5.11 Å². The molecule has 2 atom stereocenters. The van der Waals surface area contributed by atoms with Crippen molar-refractivity contribution in [3.63, 3.8) is 0 Å². The molecule has 2 N–H and O–H groups in total. The van der Waals surface area contributed by atoms with Crippen molar-refractivity contribution in [2.45, 2.75) is 31.4 Å². The summed E-state index contributed by atoms with van der Waals surface area (Å²) in [6.45, 7) is 2.96. The SMILES string of the molecule is C[C@H]1CC2(CN1)Cc1nc(O)cnc1O2. The van der Waals surface area contributed by atoms with Crippen molar-refractivity contribution in [2.75, 3.05) is 6.54 Å².